The van der Waals surface area contributed by atoms with Crippen molar-refractivity contribution in [2.24, 2.45) is 0 Å². The van der Waals surface area contributed by atoms with Crippen molar-refractivity contribution in [1.82, 2.24) is 0 Å². The van der Waals surface area contributed by atoms with Crippen molar-refractivity contribution in [2.75, 3.05) is 5.32 Å². The molecule has 0 saturated carbocycles. The van der Waals surface area contributed by atoms with Crippen LogP contribution in [0.5, 0.6) is 5.75 Å². The second-order valence-corrected chi connectivity index (χ2v) is 5.42. The molecular formula is C13H8Br2FNO2. The Morgan fingerprint density at radius 3 is 2.37 bits per heavy atom. The number of phenols is 1. The molecule has 0 radical (unpaired) electrons. The van der Waals surface area contributed by atoms with Crippen LogP contribution in [0, 0.1) is 5.82 Å². The van der Waals surface area contributed by atoms with E-state index < -0.39 is 11.7 Å². The number of carbonyl (C=O) groups excluding carboxylic acids is 1. The van der Waals surface area contributed by atoms with E-state index in [4.69, 9.17) is 5.11 Å². The number of hydrogen-bond donors (Lipinski definition) is 2. The molecule has 98 valence electrons. The molecule has 0 fully saturated rings. The summed E-state index contributed by atoms with van der Waals surface area (Å²) in [5, 5.41) is 11.7. The van der Waals surface area contributed by atoms with Gasteiger partial charge in [-0.1, -0.05) is 6.07 Å². The van der Waals surface area contributed by atoms with Gasteiger partial charge in [-0.25, -0.2) is 4.39 Å². The fourth-order valence-electron chi connectivity index (χ4n) is 1.49. The molecule has 0 bridgehead atoms. The Bertz CT molecular complexity index is 626. The molecular weight excluding hydrogens is 381 g/mol. The average molecular weight is 389 g/mol. The molecule has 2 N–H and O–H groups in total. The Kier molecular flexibility index (Phi) is 4.21. The lowest BCUT2D eigenvalue weighted by atomic mass is 10.2. The lowest BCUT2D eigenvalue weighted by Gasteiger charge is -2.10. The standard InChI is InChI=1S/C13H8Br2FNO2/c14-9-2-1-3-10(15)12(9)17-13(19)8-5-4-7(18)6-11(8)16/h1-6,18H,(H,17,19). The summed E-state index contributed by atoms with van der Waals surface area (Å²) in [7, 11) is 0. The van der Waals surface area contributed by atoms with Crippen LogP contribution in [0.1, 0.15) is 10.4 Å². The van der Waals surface area contributed by atoms with Crippen LogP contribution in [0.2, 0.25) is 0 Å². The first-order valence-electron chi connectivity index (χ1n) is 5.23. The highest BCUT2D eigenvalue weighted by molar-refractivity contribution is 9.11. The Hall–Kier alpha value is -1.40. The molecule has 0 aliphatic heterocycles. The summed E-state index contributed by atoms with van der Waals surface area (Å²) in [6.45, 7) is 0. The maximum atomic E-state index is 13.6. The van der Waals surface area contributed by atoms with Crippen molar-refractivity contribution in [2.45, 2.75) is 0 Å². The van der Waals surface area contributed by atoms with Crippen LogP contribution in [-0.2, 0) is 0 Å². The van der Waals surface area contributed by atoms with E-state index in [1.54, 1.807) is 18.2 Å². The van der Waals surface area contributed by atoms with Crippen molar-refractivity contribution in [1.29, 1.82) is 0 Å². The highest BCUT2D eigenvalue weighted by Gasteiger charge is 2.15. The molecule has 3 nitrogen and oxygen atoms in total. The number of aromatic hydroxyl groups is 1. The van der Waals surface area contributed by atoms with Gasteiger partial charge in [0.1, 0.15) is 11.6 Å². The van der Waals surface area contributed by atoms with Gasteiger partial charge in [-0.15, -0.1) is 0 Å². The van der Waals surface area contributed by atoms with Gasteiger partial charge < -0.3 is 10.4 Å². The van der Waals surface area contributed by atoms with E-state index >= 15 is 0 Å². The predicted octanol–water partition coefficient (Wildman–Crippen LogP) is 4.31. The first-order valence-corrected chi connectivity index (χ1v) is 6.81. The Balaban J connectivity index is 2.31. The zero-order valence-corrected chi connectivity index (χ0v) is 12.6. The van der Waals surface area contributed by atoms with Gasteiger partial charge in [-0.2, -0.15) is 0 Å². The smallest absolute Gasteiger partial charge is 0.258 e. The molecule has 2 rings (SSSR count). The molecule has 0 heterocycles. The van der Waals surface area contributed by atoms with Gasteiger partial charge in [0.2, 0.25) is 0 Å². The summed E-state index contributed by atoms with van der Waals surface area (Å²) in [4.78, 5) is 12.0. The summed E-state index contributed by atoms with van der Waals surface area (Å²) in [5.41, 5.74) is 0.375. The van der Waals surface area contributed by atoms with Crippen LogP contribution < -0.4 is 5.32 Å². The van der Waals surface area contributed by atoms with Crippen molar-refractivity contribution >= 4 is 43.5 Å². The third-order valence-corrected chi connectivity index (χ3v) is 3.72. The summed E-state index contributed by atoms with van der Waals surface area (Å²) >= 11 is 6.60. The molecule has 0 aliphatic rings. The highest BCUT2D eigenvalue weighted by atomic mass is 79.9. The lowest BCUT2D eigenvalue weighted by molar-refractivity contribution is 0.102. The van der Waals surface area contributed by atoms with Crippen LogP contribution in [0.25, 0.3) is 0 Å². The summed E-state index contributed by atoms with van der Waals surface area (Å²) in [6, 6.07) is 8.69. The van der Waals surface area contributed by atoms with Crippen molar-refractivity contribution in [3.63, 3.8) is 0 Å². The van der Waals surface area contributed by atoms with Gasteiger partial charge >= 0.3 is 0 Å². The van der Waals surface area contributed by atoms with E-state index in [1.165, 1.54) is 12.1 Å². The average Bonchev–Trinajstić information content (AvgIpc) is 2.33. The first-order chi connectivity index (χ1) is 8.99. The zero-order valence-electron chi connectivity index (χ0n) is 9.45. The van der Waals surface area contributed by atoms with Gasteiger partial charge in [-0.3, -0.25) is 4.79 Å². The minimum absolute atomic E-state index is 0.138. The molecule has 0 atom stereocenters. The molecule has 0 saturated heterocycles. The van der Waals surface area contributed by atoms with Crippen LogP contribution in [0.4, 0.5) is 10.1 Å². The zero-order chi connectivity index (χ0) is 14.0. The quantitative estimate of drug-likeness (QED) is 0.805. The van der Waals surface area contributed by atoms with Crippen LogP contribution >= 0.6 is 31.9 Å². The Labute approximate surface area is 125 Å². The van der Waals surface area contributed by atoms with Crippen molar-refractivity contribution in [3.8, 4) is 5.75 Å². The summed E-state index contributed by atoms with van der Waals surface area (Å²) < 4.78 is 14.9. The molecule has 19 heavy (non-hydrogen) atoms. The Morgan fingerprint density at radius 1 is 1.16 bits per heavy atom. The van der Waals surface area contributed by atoms with Crippen molar-refractivity contribution in [3.05, 3.63) is 56.7 Å². The SMILES string of the molecule is O=C(Nc1c(Br)cccc1Br)c1ccc(O)cc1F. The number of phenolic OH excluding ortho intramolecular Hbond substituents is 1. The van der Waals surface area contributed by atoms with E-state index in [2.05, 4.69) is 37.2 Å². The molecule has 2 aromatic carbocycles. The van der Waals surface area contributed by atoms with Crippen LogP contribution in [0.3, 0.4) is 0 Å². The third kappa shape index (κ3) is 3.13. The van der Waals surface area contributed by atoms with Gasteiger partial charge in [0.05, 0.1) is 11.3 Å². The number of anilines is 1. The maximum absolute atomic E-state index is 13.6. The monoisotopic (exact) mass is 387 g/mol. The molecule has 2 aromatic rings. The normalized spacial score (nSPS) is 10.3. The van der Waals surface area contributed by atoms with E-state index in [0.29, 0.717) is 14.6 Å². The number of para-hydroxylation sites is 1. The van der Waals surface area contributed by atoms with E-state index in [1.807, 2.05) is 0 Å². The second kappa shape index (κ2) is 5.71. The fraction of sp³-hybridized carbons (Fsp3) is 0. The van der Waals surface area contributed by atoms with Gasteiger partial charge in [-0.05, 0) is 56.1 Å². The van der Waals surface area contributed by atoms with Gasteiger partial charge in [0, 0.05) is 15.0 Å². The molecule has 0 aromatic heterocycles. The largest absolute Gasteiger partial charge is 0.508 e. The van der Waals surface area contributed by atoms with E-state index in [-0.39, 0.29) is 11.3 Å². The molecule has 0 spiro atoms. The van der Waals surface area contributed by atoms with Crippen LogP contribution in [0.15, 0.2) is 45.3 Å². The molecule has 0 unspecified atom stereocenters. The number of hydrogen-bond acceptors (Lipinski definition) is 2. The molecule has 1 amide bonds. The van der Waals surface area contributed by atoms with Gasteiger partial charge in [0.25, 0.3) is 5.91 Å². The molecule has 0 aliphatic carbocycles. The molecule has 6 heteroatoms. The number of rotatable bonds is 2. The number of halogens is 3. The number of carbonyl (C=O) groups is 1. The predicted molar refractivity (Wildman–Crippen MR) is 77.9 cm³/mol. The summed E-state index contributed by atoms with van der Waals surface area (Å²) in [6.07, 6.45) is 0. The maximum Gasteiger partial charge on any atom is 0.258 e. The number of nitrogens with one attached hydrogen (secondary N) is 1. The minimum atomic E-state index is -0.777. The number of amides is 1. The topological polar surface area (TPSA) is 49.3 Å². The fourth-order valence-corrected chi connectivity index (χ4v) is 2.68. The lowest BCUT2D eigenvalue weighted by Crippen LogP contribution is -2.14. The highest BCUT2D eigenvalue weighted by Crippen LogP contribution is 2.31. The minimum Gasteiger partial charge on any atom is -0.508 e. The van der Waals surface area contributed by atoms with Crippen molar-refractivity contribution < 1.29 is 14.3 Å². The van der Waals surface area contributed by atoms with Gasteiger partial charge in [0.15, 0.2) is 0 Å². The number of benzene rings is 2. The first kappa shape index (κ1) is 14.0. The van der Waals surface area contributed by atoms with Crippen LogP contribution in [-0.4, -0.2) is 11.0 Å². The van der Waals surface area contributed by atoms with E-state index in [9.17, 15) is 9.18 Å². The Morgan fingerprint density at radius 2 is 1.79 bits per heavy atom. The third-order valence-electron chi connectivity index (χ3n) is 2.40. The van der Waals surface area contributed by atoms with E-state index in [0.717, 1.165) is 6.07 Å². The summed E-state index contributed by atoms with van der Waals surface area (Å²) in [5.74, 6) is -1.60. The second-order valence-electron chi connectivity index (χ2n) is 3.71.